The number of unbranched alkanes of at least 4 members (excludes halogenated alkanes) is 1. The molecule has 23 nitrogen and oxygen atoms in total. The molecule has 0 atom stereocenters. The van der Waals surface area contributed by atoms with Gasteiger partial charge in [0.2, 0.25) is 23.7 Å². The van der Waals surface area contributed by atoms with Gasteiger partial charge >= 0.3 is 0 Å². The smallest absolute Gasteiger partial charge is 0.254 e. The highest BCUT2D eigenvalue weighted by atomic mass is 16.5. The van der Waals surface area contributed by atoms with Crippen molar-refractivity contribution in [3.8, 4) is 11.3 Å². The molecule has 23 heteroatoms. The molecule has 0 unspecified atom stereocenters. The number of pyridine rings is 1. The normalized spacial score (nSPS) is 14.6. The highest BCUT2D eigenvalue weighted by molar-refractivity contribution is 5.99. The molecule has 2 saturated heterocycles. The third kappa shape index (κ3) is 12.3. The minimum atomic E-state index is -0.299. The van der Waals surface area contributed by atoms with Crippen LogP contribution in [0.5, 0.6) is 0 Å². The number of H-pyrrole nitrogens is 1. The van der Waals surface area contributed by atoms with E-state index in [1.807, 2.05) is 27.9 Å². The summed E-state index contributed by atoms with van der Waals surface area (Å²) < 4.78 is 13.2. The topological polar surface area (TPSA) is 283 Å². The average molecular weight is 919 g/mol. The second-order valence-corrected chi connectivity index (χ2v) is 16.3. The van der Waals surface area contributed by atoms with Gasteiger partial charge in [0.1, 0.15) is 23.5 Å². The van der Waals surface area contributed by atoms with E-state index in [9.17, 15) is 14.4 Å². The molecular weight excluding hydrogens is 861 g/mol. The summed E-state index contributed by atoms with van der Waals surface area (Å²) in [6.45, 7) is 9.76. The van der Waals surface area contributed by atoms with Crippen LogP contribution in [0.1, 0.15) is 41.6 Å². The minimum Gasteiger partial charge on any atom is -0.383 e. The Labute approximate surface area is 387 Å². The van der Waals surface area contributed by atoms with Gasteiger partial charge in [0, 0.05) is 145 Å². The van der Waals surface area contributed by atoms with Crippen LogP contribution in [0.25, 0.3) is 33.3 Å². The number of hydrogen-bond acceptors (Lipinski definition) is 18. The summed E-state index contributed by atoms with van der Waals surface area (Å²) in [7, 11) is 0. The van der Waals surface area contributed by atoms with E-state index < -0.39 is 0 Å². The van der Waals surface area contributed by atoms with Crippen molar-refractivity contribution in [1.82, 2.24) is 70.1 Å². The van der Waals surface area contributed by atoms with Crippen molar-refractivity contribution in [3.05, 3.63) is 66.8 Å². The number of ether oxygens (including phenoxy) is 2. The van der Waals surface area contributed by atoms with Gasteiger partial charge in [0.25, 0.3) is 5.91 Å². The third-order valence-electron chi connectivity index (χ3n) is 11.8. The number of nitrogens with one attached hydrogen (secondary N) is 3. The Balaban J connectivity index is 0.635. The molecule has 0 spiro atoms. The Kier molecular flexibility index (Phi) is 16.0. The lowest BCUT2D eigenvalue weighted by molar-refractivity contribution is -0.132. The summed E-state index contributed by atoms with van der Waals surface area (Å²) in [4.78, 5) is 80.1. The second kappa shape index (κ2) is 23.0. The number of aromatic amines is 1. The number of piperazine rings is 2. The number of fused-ring (bicyclic) bond motifs is 2. The Bertz CT molecular complexity index is 2550. The second-order valence-electron chi connectivity index (χ2n) is 16.3. The van der Waals surface area contributed by atoms with Gasteiger partial charge in [-0.05, 0) is 25.0 Å². The number of anilines is 3. The van der Waals surface area contributed by atoms with E-state index in [2.05, 4.69) is 65.2 Å². The average Bonchev–Trinajstić information content (AvgIpc) is 4.00. The lowest BCUT2D eigenvalue weighted by Gasteiger charge is -2.35. The van der Waals surface area contributed by atoms with E-state index in [0.29, 0.717) is 105 Å². The molecule has 354 valence electrons. The predicted octanol–water partition coefficient (Wildman–Crippen LogP) is 0.601. The summed E-state index contributed by atoms with van der Waals surface area (Å²) in [5, 5.41) is 12.2. The van der Waals surface area contributed by atoms with Crippen LogP contribution < -0.4 is 31.9 Å². The standard InChI is InChI=1S/C44H58N18O5/c45-24-31-25-51-43(52-26-31)61-16-14-59(15-17-61)36(64)5-20-67-22-18-58-10-12-60(13-11-58)44-53-28-34(29-54-44)42(65)49-8-21-66-19-4-35(63)47-6-1-2-9-62-41-37(39(46)55-30-56-41)38(57-62)33-23-32-3-7-48-40(32)50-27-33/h3,7,23,25-30H,1-2,4-6,8-22,24,45H2,(H,47,63)(H,48,50)(H,49,65)(H2,46,55,56). The zero-order chi connectivity index (χ0) is 46.4. The Hall–Kier alpha value is -6.95. The highest BCUT2D eigenvalue weighted by Gasteiger charge is 2.24. The molecule has 2 aliphatic rings. The van der Waals surface area contributed by atoms with Crippen LogP contribution in [-0.2, 0) is 32.2 Å². The maximum atomic E-state index is 12.8. The van der Waals surface area contributed by atoms with Gasteiger partial charge in [0.05, 0.1) is 43.8 Å². The molecule has 7 N–H and O–H groups in total. The van der Waals surface area contributed by atoms with Crippen molar-refractivity contribution in [1.29, 1.82) is 0 Å². The van der Waals surface area contributed by atoms with Crippen LogP contribution in [-0.4, -0.2) is 176 Å². The van der Waals surface area contributed by atoms with Crippen molar-refractivity contribution in [2.45, 2.75) is 38.8 Å². The zero-order valence-corrected chi connectivity index (χ0v) is 37.6. The fourth-order valence-electron chi connectivity index (χ4n) is 7.93. The maximum Gasteiger partial charge on any atom is 0.254 e. The minimum absolute atomic E-state index is 0.0973. The maximum absolute atomic E-state index is 12.8. The first-order chi connectivity index (χ1) is 32.8. The molecule has 0 aliphatic carbocycles. The van der Waals surface area contributed by atoms with Crippen molar-refractivity contribution in [2.24, 2.45) is 5.73 Å². The van der Waals surface area contributed by atoms with E-state index >= 15 is 0 Å². The number of nitrogen functional groups attached to an aromatic ring is 1. The SMILES string of the molecule is NCc1cnc(N2CCN(C(=O)CCOCCN3CCN(c4ncc(C(=O)NCCOCCC(=O)NCCCCn5nc(-c6cnc7[nH]ccc7c6)c6c(N)ncnc65)cn4)CC3)CC2)nc1. The van der Waals surface area contributed by atoms with Gasteiger partial charge < -0.3 is 51.3 Å². The summed E-state index contributed by atoms with van der Waals surface area (Å²) in [5.74, 6) is 1.28. The summed E-state index contributed by atoms with van der Waals surface area (Å²) in [6.07, 6.45) is 13.6. The Morgan fingerprint density at radius 1 is 0.731 bits per heavy atom. The van der Waals surface area contributed by atoms with E-state index in [-0.39, 0.29) is 43.9 Å². The van der Waals surface area contributed by atoms with E-state index in [0.717, 1.165) is 67.7 Å². The van der Waals surface area contributed by atoms with Crippen LogP contribution >= 0.6 is 0 Å². The number of hydrogen-bond donors (Lipinski definition) is 5. The molecule has 2 fully saturated rings. The van der Waals surface area contributed by atoms with Crippen molar-refractivity contribution in [2.75, 3.05) is 114 Å². The van der Waals surface area contributed by atoms with Gasteiger partial charge in [0.15, 0.2) is 5.65 Å². The first-order valence-corrected chi connectivity index (χ1v) is 22.8. The number of amides is 3. The zero-order valence-electron chi connectivity index (χ0n) is 37.6. The van der Waals surface area contributed by atoms with Crippen molar-refractivity contribution >= 4 is 57.5 Å². The molecule has 0 radical (unpaired) electrons. The lowest BCUT2D eigenvalue weighted by atomic mass is 10.1. The van der Waals surface area contributed by atoms with E-state index in [1.165, 1.54) is 18.7 Å². The van der Waals surface area contributed by atoms with Crippen LogP contribution in [0.15, 0.2) is 55.6 Å². The fraction of sp³-hybridized carbons (Fsp3) is 0.477. The first-order valence-electron chi connectivity index (χ1n) is 22.8. The Morgan fingerprint density at radius 2 is 1.45 bits per heavy atom. The van der Waals surface area contributed by atoms with Gasteiger partial charge in [-0.1, -0.05) is 0 Å². The largest absolute Gasteiger partial charge is 0.383 e. The van der Waals surface area contributed by atoms with Gasteiger partial charge in [-0.3, -0.25) is 19.3 Å². The molecule has 3 amide bonds. The fourth-order valence-corrected chi connectivity index (χ4v) is 7.93. The van der Waals surface area contributed by atoms with Crippen LogP contribution in [0, 0.1) is 0 Å². The van der Waals surface area contributed by atoms with Crippen molar-refractivity contribution in [3.63, 3.8) is 0 Å². The van der Waals surface area contributed by atoms with Crippen LogP contribution in [0.4, 0.5) is 17.7 Å². The molecule has 6 aromatic heterocycles. The number of aryl methyl sites for hydroxylation is 1. The molecule has 2 aliphatic heterocycles. The van der Waals surface area contributed by atoms with E-state index in [4.69, 9.17) is 26.0 Å². The van der Waals surface area contributed by atoms with Gasteiger partial charge in [-0.15, -0.1) is 0 Å². The highest BCUT2D eigenvalue weighted by Crippen LogP contribution is 2.31. The molecule has 0 saturated carbocycles. The number of carbonyl (C=O) groups is 3. The summed E-state index contributed by atoms with van der Waals surface area (Å²) >= 11 is 0. The van der Waals surface area contributed by atoms with E-state index in [1.54, 1.807) is 18.6 Å². The van der Waals surface area contributed by atoms with Crippen LogP contribution in [0.2, 0.25) is 0 Å². The summed E-state index contributed by atoms with van der Waals surface area (Å²) in [5.41, 5.74) is 16.1. The van der Waals surface area contributed by atoms with Gasteiger partial charge in [-0.2, -0.15) is 5.10 Å². The number of aromatic nitrogens is 10. The number of nitrogens with zero attached hydrogens (tertiary/aromatic N) is 13. The number of nitrogens with two attached hydrogens (primary N) is 2. The monoisotopic (exact) mass is 918 g/mol. The third-order valence-corrected chi connectivity index (χ3v) is 11.8. The molecule has 67 heavy (non-hydrogen) atoms. The van der Waals surface area contributed by atoms with Crippen LogP contribution in [0.3, 0.4) is 0 Å². The molecule has 0 aromatic carbocycles. The van der Waals surface area contributed by atoms with Gasteiger partial charge in [-0.25, -0.2) is 39.6 Å². The lowest BCUT2D eigenvalue weighted by Crippen LogP contribution is -2.49. The molecule has 0 bridgehead atoms. The molecule has 6 aromatic rings. The van der Waals surface area contributed by atoms with Crippen molar-refractivity contribution < 1.29 is 23.9 Å². The quantitative estimate of drug-likeness (QED) is 0.0583. The Morgan fingerprint density at radius 3 is 2.21 bits per heavy atom. The first kappa shape index (κ1) is 46.6. The molecule has 8 heterocycles. The molecular formula is C44H58N18O5. The predicted molar refractivity (Wildman–Crippen MR) is 250 cm³/mol. The molecule has 8 rings (SSSR count). The number of rotatable bonds is 22. The number of carbonyl (C=O) groups excluding carboxylic acids is 3. The summed E-state index contributed by atoms with van der Waals surface area (Å²) in [6, 6.07) is 3.96.